The van der Waals surface area contributed by atoms with E-state index in [1.165, 1.54) is 6.07 Å². The molecule has 7 heteroatoms. The molecule has 0 bridgehead atoms. The summed E-state index contributed by atoms with van der Waals surface area (Å²) in [7, 11) is 0. The second-order valence-corrected chi connectivity index (χ2v) is 5.96. The molecule has 1 heterocycles. The SMILES string of the molecule is Cc1cc(C(=O)N(CCO)CCN2CCOCC2)c(Cl)cc1F. The first-order valence-electron chi connectivity index (χ1n) is 7.69. The van der Waals surface area contributed by atoms with Crippen molar-refractivity contribution in [2.45, 2.75) is 6.92 Å². The predicted octanol–water partition coefficient (Wildman–Crippen LogP) is 1.55. The molecule has 0 aromatic heterocycles. The Morgan fingerprint density at radius 1 is 1.39 bits per heavy atom. The summed E-state index contributed by atoms with van der Waals surface area (Å²) < 4.78 is 18.8. The summed E-state index contributed by atoms with van der Waals surface area (Å²) in [5.74, 6) is -0.728. The van der Waals surface area contributed by atoms with Crippen molar-refractivity contribution < 1.29 is 19.0 Å². The smallest absolute Gasteiger partial charge is 0.255 e. The van der Waals surface area contributed by atoms with Gasteiger partial charge in [0.1, 0.15) is 5.82 Å². The lowest BCUT2D eigenvalue weighted by molar-refractivity contribution is 0.0315. The Morgan fingerprint density at radius 2 is 2.09 bits per heavy atom. The van der Waals surface area contributed by atoms with Gasteiger partial charge in [-0.25, -0.2) is 4.39 Å². The minimum absolute atomic E-state index is 0.0902. The van der Waals surface area contributed by atoms with Crippen LogP contribution >= 0.6 is 11.6 Å². The molecule has 0 aliphatic carbocycles. The summed E-state index contributed by atoms with van der Waals surface area (Å²) >= 11 is 6.01. The fourth-order valence-corrected chi connectivity index (χ4v) is 2.75. The first-order valence-corrected chi connectivity index (χ1v) is 8.06. The Labute approximate surface area is 140 Å². The summed E-state index contributed by atoms with van der Waals surface area (Å²) in [6.45, 7) is 5.90. The van der Waals surface area contributed by atoms with E-state index in [0.29, 0.717) is 31.9 Å². The van der Waals surface area contributed by atoms with Gasteiger partial charge in [0.05, 0.1) is 30.4 Å². The number of aliphatic hydroxyl groups excluding tert-OH is 1. The van der Waals surface area contributed by atoms with Crippen LogP contribution in [0.4, 0.5) is 4.39 Å². The minimum Gasteiger partial charge on any atom is -0.395 e. The van der Waals surface area contributed by atoms with E-state index in [1.54, 1.807) is 11.8 Å². The van der Waals surface area contributed by atoms with Crippen LogP contribution < -0.4 is 0 Å². The van der Waals surface area contributed by atoms with Crippen molar-refractivity contribution in [3.05, 3.63) is 34.1 Å². The third-order valence-corrected chi connectivity index (χ3v) is 4.24. The number of hydrogen-bond acceptors (Lipinski definition) is 4. The van der Waals surface area contributed by atoms with Crippen molar-refractivity contribution in [2.75, 3.05) is 52.5 Å². The topological polar surface area (TPSA) is 53.0 Å². The van der Waals surface area contributed by atoms with E-state index in [4.69, 9.17) is 16.3 Å². The fraction of sp³-hybridized carbons (Fsp3) is 0.562. The molecular formula is C16H22ClFN2O3. The number of nitrogens with zero attached hydrogens (tertiary/aromatic N) is 2. The average Bonchev–Trinajstić information content (AvgIpc) is 2.55. The molecule has 2 rings (SSSR count). The molecule has 1 N–H and O–H groups in total. The maximum absolute atomic E-state index is 13.5. The first-order chi connectivity index (χ1) is 11.0. The highest BCUT2D eigenvalue weighted by molar-refractivity contribution is 6.33. The van der Waals surface area contributed by atoms with Gasteiger partial charge >= 0.3 is 0 Å². The van der Waals surface area contributed by atoms with Crippen molar-refractivity contribution in [2.24, 2.45) is 0 Å². The molecule has 23 heavy (non-hydrogen) atoms. The van der Waals surface area contributed by atoms with Gasteiger partial charge in [-0.05, 0) is 24.6 Å². The van der Waals surface area contributed by atoms with Gasteiger partial charge in [0, 0.05) is 32.7 Å². The van der Waals surface area contributed by atoms with Crippen molar-refractivity contribution in [3.63, 3.8) is 0 Å². The Kier molecular flexibility index (Phi) is 6.77. The number of amides is 1. The summed E-state index contributed by atoms with van der Waals surface area (Å²) in [5, 5.41) is 9.31. The number of hydrogen-bond donors (Lipinski definition) is 1. The molecule has 0 spiro atoms. The lowest BCUT2D eigenvalue weighted by atomic mass is 10.1. The van der Waals surface area contributed by atoms with Crippen LogP contribution in [0.25, 0.3) is 0 Å². The van der Waals surface area contributed by atoms with E-state index < -0.39 is 5.82 Å². The minimum atomic E-state index is -0.437. The number of halogens is 2. The van der Waals surface area contributed by atoms with Crippen LogP contribution in [-0.4, -0.2) is 73.4 Å². The molecule has 1 fully saturated rings. The quantitative estimate of drug-likeness (QED) is 0.851. The maximum Gasteiger partial charge on any atom is 0.255 e. The van der Waals surface area contributed by atoms with E-state index >= 15 is 0 Å². The molecule has 0 atom stereocenters. The summed E-state index contributed by atoms with van der Waals surface area (Å²) in [6, 6.07) is 2.61. The first kappa shape index (κ1) is 18.1. The molecule has 0 saturated carbocycles. The Bertz CT molecular complexity index is 550. The summed E-state index contributed by atoms with van der Waals surface area (Å²) in [5.41, 5.74) is 0.635. The van der Waals surface area contributed by atoms with Crippen LogP contribution in [0.1, 0.15) is 15.9 Å². The lowest BCUT2D eigenvalue weighted by Crippen LogP contribution is -2.44. The van der Waals surface area contributed by atoms with Crippen LogP contribution in [0.2, 0.25) is 5.02 Å². The number of aryl methyl sites for hydroxylation is 1. The molecule has 1 aromatic carbocycles. The Hall–Kier alpha value is -1.21. The Morgan fingerprint density at radius 3 is 2.74 bits per heavy atom. The van der Waals surface area contributed by atoms with Gasteiger partial charge in [-0.15, -0.1) is 0 Å². The van der Waals surface area contributed by atoms with Crippen LogP contribution in [0.5, 0.6) is 0 Å². The molecule has 0 unspecified atom stereocenters. The largest absolute Gasteiger partial charge is 0.395 e. The molecule has 128 valence electrons. The number of carbonyl (C=O) groups excluding carboxylic acids is 1. The molecule has 1 aliphatic heterocycles. The van der Waals surface area contributed by atoms with Gasteiger partial charge < -0.3 is 14.7 Å². The molecule has 5 nitrogen and oxygen atoms in total. The summed E-state index contributed by atoms with van der Waals surface area (Å²) in [6.07, 6.45) is 0. The van der Waals surface area contributed by atoms with Crippen molar-refractivity contribution in [1.82, 2.24) is 9.80 Å². The molecular weight excluding hydrogens is 323 g/mol. The van der Waals surface area contributed by atoms with Gasteiger partial charge in [0.25, 0.3) is 5.91 Å². The second kappa shape index (κ2) is 8.59. The standard InChI is InChI=1S/C16H22ClFN2O3/c1-12-10-13(14(17)11-15(12)18)16(22)20(4-7-21)3-2-19-5-8-23-9-6-19/h10-11,21H,2-9H2,1H3. The number of ether oxygens (including phenoxy) is 1. The molecule has 1 saturated heterocycles. The van der Waals surface area contributed by atoms with E-state index in [9.17, 15) is 14.3 Å². The third-order valence-electron chi connectivity index (χ3n) is 3.93. The molecule has 1 amide bonds. The predicted molar refractivity (Wildman–Crippen MR) is 86.4 cm³/mol. The van der Waals surface area contributed by atoms with Crippen LogP contribution in [0.3, 0.4) is 0 Å². The lowest BCUT2D eigenvalue weighted by Gasteiger charge is -2.30. The highest BCUT2D eigenvalue weighted by atomic mass is 35.5. The zero-order valence-corrected chi connectivity index (χ0v) is 14.0. The number of rotatable bonds is 6. The highest BCUT2D eigenvalue weighted by Crippen LogP contribution is 2.22. The fourth-order valence-electron chi connectivity index (χ4n) is 2.51. The van der Waals surface area contributed by atoms with E-state index in [2.05, 4.69) is 4.90 Å². The van der Waals surface area contributed by atoms with Gasteiger partial charge in [-0.2, -0.15) is 0 Å². The van der Waals surface area contributed by atoms with Crippen molar-refractivity contribution >= 4 is 17.5 Å². The highest BCUT2D eigenvalue weighted by Gasteiger charge is 2.21. The average molecular weight is 345 g/mol. The van der Waals surface area contributed by atoms with Gasteiger partial charge in [-0.3, -0.25) is 9.69 Å². The van der Waals surface area contributed by atoms with Crippen molar-refractivity contribution in [3.8, 4) is 0 Å². The summed E-state index contributed by atoms with van der Waals surface area (Å²) in [4.78, 5) is 16.4. The van der Waals surface area contributed by atoms with Gasteiger partial charge in [0.15, 0.2) is 0 Å². The normalized spacial score (nSPS) is 15.7. The number of carbonyl (C=O) groups is 1. The Balaban J connectivity index is 2.06. The molecule has 1 aliphatic rings. The van der Waals surface area contributed by atoms with E-state index in [-0.39, 0.29) is 29.6 Å². The second-order valence-electron chi connectivity index (χ2n) is 5.55. The van der Waals surface area contributed by atoms with Gasteiger partial charge in [-0.1, -0.05) is 11.6 Å². The zero-order chi connectivity index (χ0) is 16.8. The van der Waals surface area contributed by atoms with Gasteiger partial charge in [0.2, 0.25) is 0 Å². The van der Waals surface area contributed by atoms with E-state index in [0.717, 1.165) is 19.2 Å². The zero-order valence-electron chi connectivity index (χ0n) is 13.2. The number of morpholine rings is 1. The number of aliphatic hydroxyl groups is 1. The third kappa shape index (κ3) is 4.88. The number of benzene rings is 1. The monoisotopic (exact) mass is 344 g/mol. The molecule has 1 aromatic rings. The molecule has 0 radical (unpaired) electrons. The van der Waals surface area contributed by atoms with Crippen LogP contribution in [0, 0.1) is 12.7 Å². The van der Waals surface area contributed by atoms with Crippen molar-refractivity contribution in [1.29, 1.82) is 0 Å². The van der Waals surface area contributed by atoms with Crippen LogP contribution in [-0.2, 0) is 4.74 Å². The van der Waals surface area contributed by atoms with E-state index in [1.807, 2.05) is 0 Å². The van der Waals surface area contributed by atoms with Crippen LogP contribution in [0.15, 0.2) is 12.1 Å². The maximum atomic E-state index is 13.5.